The molecule has 0 saturated carbocycles. The molecule has 0 aromatic rings. The van der Waals surface area contributed by atoms with Gasteiger partial charge in [-0.15, -0.1) is 0 Å². The van der Waals surface area contributed by atoms with Gasteiger partial charge in [0.15, 0.2) is 0 Å². The van der Waals surface area contributed by atoms with E-state index in [0.29, 0.717) is 0 Å². The van der Waals surface area contributed by atoms with E-state index in [9.17, 15) is 0 Å². The molecule has 0 aromatic heterocycles. The Morgan fingerprint density at radius 3 is 1.50 bits per heavy atom. The summed E-state index contributed by atoms with van der Waals surface area (Å²) >= 11 is 2.65. The molecule has 0 aromatic carbocycles. The zero-order valence-corrected chi connectivity index (χ0v) is 6.25. The maximum atomic E-state index is 9.05. The Balaban J connectivity index is 0. The van der Waals surface area contributed by atoms with Crippen molar-refractivity contribution in [2.45, 2.75) is 0 Å². The van der Waals surface area contributed by atoms with Crippen molar-refractivity contribution in [2.24, 2.45) is 0 Å². The van der Waals surface area contributed by atoms with Gasteiger partial charge in [-0.3, -0.25) is 4.55 Å². The first-order valence-electron chi connectivity index (χ1n) is 0.698. The summed E-state index contributed by atoms with van der Waals surface area (Å²) in [5.74, 6) is 0. The van der Waals surface area contributed by atoms with Crippen LogP contribution in [0.15, 0.2) is 0 Å². The molecule has 1 N–H and O–H groups in total. The van der Waals surface area contributed by atoms with Gasteiger partial charge >= 0.3 is 9.15 Å². The molecule has 0 heterocycles. The fraction of sp³-hybridized carbons (Fsp3) is 0. The molecule has 0 amide bonds. The summed E-state index contributed by atoms with van der Waals surface area (Å²) in [4.78, 5) is 0. The Bertz CT molecular complexity index is 92.0. The molecule has 6 heavy (non-hydrogen) atoms. The molecule has 38 valence electrons. The molecule has 0 aliphatic carbocycles. The number of thiol groups is 1. The van der Waals surface area contributed by atoms with Crippen LogP contribution in [0.2, 0.25) is 0 Å². The van der Waals surface area contributed by atoms with E-state index in [4.69, 9.17) is 13.0 Å². The normalized spacial score (nSPS) is 9.67. The molecule has 0 aliphatic rings. The molecule has 0 saturated heterocycles. The van der Waals surface area contributed by atoms with Crippen LogP contribution in [0.1, 0.15) is 0 Å². The van der Waals surface area contributed by atoms with Gasteiger partial charge in [0, 0.05) is 21.1 Å². The maximum Gasteiger partial charge on any atom is 0.316 e. The van der Waals surface area contributed by atoms with Crippen LogP contribution in [0.25, 0.3) is 0 Å². The summed E-state index contributed by atoms with van der Waals surface area (Å²) in [5, 5.41) is 0. The number of hydrogen-bond acceptors (Lipinski definition) is 2. The first kappa shape index (κ1) is 10.0. The zero-order chi connectivity index (χ0) is 4.50. The summed E-state index contributed by atoms with van der Waals surface area (Å²) in [6.07, 6.45) is 0. The number of hydrogen-bond donors (Lipinski definition) is 2. The van der Waals surface area contributed by atoms with E-state index in [-0.39, 0.29) is 21.1 Å². The predicted octanol–water partition coefficient (Wildman–Crippen LogP) is -0.283. The van der Waals surface area contributed by atoms with Crippen molar-refractivity contribution in [2.75, 3.05) is 0 Å². The van der Waals surface area contributed by atoms with E-state index in [0.717, 1.165) is 0 Å². The molecule has 0 radical (unpaired) electrons. The Kier molecular flexibility index (Phi) is 5.05. The minimum atomic E-state index is -3.97. The van der Waals surface area contributed by atoms with Crippen LogP contribution >= 0.6 is 11.7 Å². The van der Waals surface area contributed by atoms with Gasteiger partial charge in [-0.05, 0) is 11.7 Å². The van der Waals surface area contributed by atoms with E-state index in [1.54, 1.807) is 0 Å². The van der Waals surface area contributed by atoms with Crippen LogP contribution < -0.4 is 0 Å². The summed E-state index contributed by atoms with van der Waals surface area (Å²) in [6, 6.07) is 0. The quantitative estimate of drug-likeness (QED) is 0.250. The topological polar surface area (TPSA) is 54.4 Å². The second-order valence-corrected chi connectivity index (χ2v) is 2.73. The molecule has 0 atom stereocenters. The van der Waals surface area contributed by atoms with E-state index in [1.165, 1.54) is 0 Å². The predicted molar refractivity (Wildman–Crippen MR) is 20.5 cm³/mol. The van der Waals surface area contributed by atoms with Crippen LogP contribution in [0.4, 0.5) is 0 Å². The Hall–Kier alpha value is 0.948. The van der Waals surface area contributed by atoms with Crippen LogP contribution in [0, 0.1) is 0 Å². The van der Waals surface area contributed by atoms with Gasteiger partial charge in [0.2, 0.25) is 0 Å². The van der Waals surface area contributed by atoms with Crippen molar-refractivity contribution in [1.29, 1.82) is 0 Å². The number of rotatable bonds is 0. The average molecular weight is 210 g/mol. The van der Waals surface area contributed by atoms with Crippen LogP contribution in [0.3, 0.4) is 0 Å². The minimum Gasteiger partial charge on any atom is -0.277 e. The summed E-state index contributed by atoms with van der Waals surface area (Å²) < 4.78 is 25.5. The van der Waals surface area contributed by atoms with Gasteiger partial charge in [0.1, 0.15) is 0 Å². The average Bonchev–Trinajstić information content (AvgIpc) is 0.722. The van der Waals surface area contributed by atoms with Crippen molar-refractivity contribution < 1.29 is 34.0 Å². The molecule has 6 heteroatoms. The van der Waals surface area contributed by atoms with E-state index in [2.05, 4.69) is 11.7 Å². The van der Waals surface area contributed by atoms with E-state index in [1.807, 2.05) is 0 Å². The summed E-state index contributed by atoms with van der Waals surface area (Å²) in [7, 11) is -3.97. The van der Waals surface area contributed by atoms with Crippen LogP contribution in [-0.2, 0) is 30.2 Å². The van der Waals surface area contributed by atoms with Crippen molar-refractivity contribution in [1.82, 2.24) is 0 Å². The second kappa shape index (κ2) is 3.02. The Morgan fingerprint density at radius 1 is 1.50 bits per heavy atom. The summed E-state index contributed by atoms with van der Waals surface area (Å²) in [5.41, 5.74) is 0. The SMILES string of the molecule is O=S(=O)(O)S.[Mo]. The van der Waals surface area contributed by atoms with E-state index < -0.39 is 9.15 Å². The van der Waals surface area contributed by atoms with E-state index >= 15 is 0 Å². The zero-order valence-electron chi connectivity index (χ0n) is 2.53. The Labute approximate surface area is 54.9 Å². The third-order valence-electron chi connectivity index (χ3n) is 0. The molecule has 0 aliphatic heterocycles. The van der Waals surface area contributed by atoms with Gasteiger partial charge in [-0.2, -0.15) is 8.42 Å². The van der Waals surface area contributed by atoms with Crippen LogP contribution in [-0.4, -0.2) is 13.0 Å². The van der Waals surface area contributed by atoms with Crippen molar-refractivity contribution in [3.05, 3.63) is 0 Å². The monoisotopic (exact) mass is 212 g/mol. The standard InChI is InChI=1S/Mo.H2O3S2/c;1-5(2,3)4/h;(H2,1,2,3,4). The maximum absolute atomic E-state index is 9.05. The first-order valence-corrected chi connectivity index (χ1v) is 3.19. The molecule has 0 fully saturated rings. The van der Waals surface area contributed by atoms with Crippen LogP contribution in [0.5, 0.6) is 0 Å². The largest absolute Gasteiger partial charge is 0.316 e. The molecular weight excluding hydrogens is 208 g/mol. The molecule has 0 unspecified atom stereocenters. The third kappa shape index (κ3) is 85.8. The van der Waals surface area contributed by atoms with Gasteiger partial charge in [-0.25, -0.2) is 0 Å². The molecule has 3 nitrogen and oxygen atoms in total. The van der Waals surface area contributed by atoms with Crippen molar-refractivity contribution in [3.63, 3.8) is 0 Å². The second-order valence-electron chi connectivity index (χ2n) is 0.448. The van der Waals surface area contributed by atoms with Crippen molar-refractivity contribution >= 4 is 20.8 Å². The first-order chi connectivity index (χ1) is 2.00. The molecule has 0 rings (SSSR count). The molecular formula is H2MoO3S2. The van der Waals surface area contributed by atoms with Gasteiger partial charge in [0.25, 0.3) is 0 Å². The van der Waals surface area contributed by atoms with Gasteiger partial charge in [0.05, 0.1) is 0 Å². The smallest absolute Gasteiger partial charge is 0.277 e. The summed E-state index contributed by atoms with van der Waals surface area (Å²) in [6.45, 7) is 0. The van der Waals surface area contributed by atoms with Crippen molar-refractivity contribution in [3.8, 4) is 0 Å². The minimum absolute atomic E-state index is 0. The third-order valence-corrected chi connectivity index (χ3v) is 0. The van der Waals surface area contributed by atoms with Gasteiger partial charge in [-0.1, -0.05) is 0 Å². The van der Waals surface area contributed by atoms with Gasteiger partial charge < -0.3 is 0 Å². The molecule has 0 spiro atoms. The fourth-order valence-electron chi connectivity index (χ4n) is 0. The fourth-order valence-corrected chi connectivity index (χ4v) is 0. The molecule has 0 bridgehead atoms. The Morgan fingerprint density at radius 2 is 1.50 bits per heavy atom.